The van der Waals surface area contributed by atoms with Crippen molar-refractivity contribution in [1.29, 1.82) is 0 Å². The van der Waals surface area contributed by atoms with E-state index in [-0.39, 0.29) is 16.6 Å². The van der Waals surface area contributed by atoms with Crippen molar-refractivity contribution in [2.24, 2.45) is 0 Å². The topological polar surface area (TPSA) is 188 Å². The molecule has 5 N–H and O–H groups in total. The number of anilines is 1. The van der Waals surface area contributed by atoms with Gasteiger partial charge < -0.3 is 30.5 Å². The van der Waals surface area contributed by atoms with Crippen LogP contribution in [0.25, 0.3) is 0 Å². The lowest BCUT2D eigenvalue weighted by atomic mass is 10.0. The fourth-order valence-corrected chi connectivity index (χ4v) is 3.85. The lowest BCUT2D eigenvalue weighted by Crippen LogP contribution is -2.57. The number of nitrogens with zero attached hydrogens (tertiary/aromatic N) is 2. The van der Waals surface area contributed by atoms with Gasteiger partial charge in [0.05, 0.1) is 27.4 Å². The van der Waals surface area contributed by atoms with Crippen LogP contribution in [0, 0.1) is 20.2 Å². The van der Waals surface area contributed by atoms with Crippen molar-refractivity contribution in [3.05, 3.63) is 32.4 Å². The van der Waals surface area contributed by atoms with E-state index in [1.165, 1.54) is 6.07 Å². The molecule has 0 amide bonds. The summed E-state index contributed by atoms with van der Waals surface area (Å²) in [6.07, 6.45) is -6.00. The van der Waals surface area contributed by atoms with Gasteiger partial charge >= 0.3 is 0 Å². The first kappa shape index (κ1) is 22.3. The monoisotopic (exact) mass is 419 g/mol. The zero-order valence-electron chi connectivity index (χ0n) is 15.0. The third-order valence-electron chi connectivity index (χ3n) is 4.01. The standard InChI is InChI=1S/C15H21N3O9S/c1-6(2)16-7-3-11(9(18(25)26)4-8(7)17(23)24)28-15-14(22)13(21)12(20)10(5-19)27-15/h3-4,6,10,12-16,19-22H,5H2,1-2H3/t10-,12+,13+,14-,15+/m1/s1. The van der Waals surface area contributed by atoms with Crippen molar-refractivity contribution < 1.29 is 35.0 Å². The van der Waals surface area contributed by atoms with Gasteiger partial charge in [0.25, 0.3) is 11.4 Å². The molecule has 12 nitrogen and oxygen atoms in total. The van der Waals surface area contributed by atoms with Crippen LogP contribution in [0.3, 0.4) is 0 Å². The average Bonchev–Trinajstić information content (AvgIpc) is 2.61. The summed E-state index contributed by atoms with van der Waals surface area (Å²) in [5.74, 6) is 0. The van der Waals surface area contributed by atoms with Crippen LogP contribution >= 0.6 is 11.8 Å². The first-order chi connectivity index (χ1) is 13.1. The Balaban J connectivity index is 2.45. The molecule has 0 spiro atoms. The molecule has 28 heavy (non-hydrogen) atoms. The molecule has 0 saturated carbocycles. The predicted octanol–water partition coefficient (Wildman–Crippen LogP) is 0.215. The number of hydrogen-bond donors (Lipinski definition) is 5. The van der Waals surface area contributed by atoms with E-state index < -0.39 is 57.7 Å². The summed E-state index contributed by atoms with van der Waals surface area (Å²) >= 11 is 0.655. The number of benzene rings is 1. The Morgan fingerprint density at radius 2 is 1.71 bits per heavy atom. The molecule has 1 aromatic carbocycles. The summed E-state index contributed by atoms with van der Waals surface area (Å²) < 4.78 is 5.34. The van der Waals surface area contributed by atoms with E-state index in [9.17, 15) is 40.7 Å². The van der Waals surface area contributed by atoms with Crippen molar-refractivity contribution in [2.75, 3.05) is 11.9 Å². The number of aliphatic hydroxyl groups is 4. The second-order valence-electron chi connectivity index (χ2n) is 6.47. The summed E-state index contributed by atoms with van der Waals surface area (Å²) in [5.41, 5.74) is -2.29. The lowest BCUT2D eigenvalue weighted by Gasteiger charge is -2.39. The van der Waals surface area contributed by atoms with E-state index in [0.717, 1.165) is 6.07 Å². The Morgan fingerprint density at radius 1 is 1.11 bits per heavy atom. The van der Waals surface area contributed by atoms with Crippen molar-refractivity contribution in [3.63, 3.8) is 0 Å². The molecule has 1 fully saturated rings. The highest BCUT2D eigenvalue weighted by Gasteiger charge is 2.44. The minimum absolute atomic E-state index is 0.0395. The van der Waals surface area contributed by atoms with E-state index >= 15 is 0 Å². The van der Waals surface area contributed by atoms with Gasteiger partial charge in [-0.05, 0) is 19.9 Å². The fourth-order valence-electron chi connectivity index (χ4n) is 2.66. The molecule has 13 heteroatoms. The number of hydrogen-bond acceptors (Lipinski definition) is 11. The fraction of sp³-hybridized carbons (Fsp3) is 0.600. The van der Waals surface area contributed by atoms with Gasteiger partial charge in [0, 0.05) is 6.04 Å². The zero-order valence-corrected chi connectivity index (χ0v) is 15.8. The number of nitro benzene ring substituents is 2. The minimum atomic E-state index is -1.64. The molecule has 1 aliphatic heterocycles. The highest BCUT2D eigenvalue weighted by atomic mass is 32.2. The van der Waals surface area contributed by atoms with Crippen LogP contribution in [0.15, 0.2) is 17.0 Å². The Hall–Kier alpha value is -2.03. The van der Waals surface area contributed by atoms with Gasteiger partial charge in [0.15, 0.2) is 0 Å². The van der Waals surface area contributed by atoms with E-state index in [2.05, 4.69) is 5.32 Å². The maximum absolute atomic E-state index is 11.4. The Morgan fingerprint density at radius 3 is 2.21 bits per heavy atom. The molecule has 2 rings (SSSR count). The van der Waals surface area contributed by atoms with Gasteiger partial charge in [0.1, 0.15) is 35.5 Å². The number of nitro groups is 2. The molecule has 156 valence electrons. The number of thioether (sulfide) groups is 1. The second kappa shape index (κ2) is 8.98. The largest absolute Gasteiger partial charge is 0.394 e. The number of rotatable bonds is 7. The van der Waals surface area contributed by atoms with Crippen molar-refractivity contribution >= 4 is 28.8 Å². The van der Waals surface area contributed by atoms with Gasteiger partial charge in [-0.25, -0.2) is 0 Å². The van der Waals surface area contributed by atoms with Crippen LogP contribution < -0.4 is 5.32 Å². The Bertz CT molecular complexity index is 746. The number of ether oxygens (including phenoxy) is 1. The van der Waals surface area contributed by atoms with E-state index in [0.29, 0.717) is 11.8 Å². The zero-order chi connectivity index (χ0) is 21.2. The van der Waals surface area contributed by atoms with Crippen LogP contribution in [-0.2, 0) is 4.74 Å². The lowest BCUT2D eigenvalue weighted by molar-refractivity contribution is -0.395. The molecule has 0 aliphatic carbocycles. The molecule has 1 heterocycles. The van der Waals surface area contributed by atoms with Gasteiger partial charge in [-0.15, -0.1) is 0 Å². The summed E-state index contributed by atoms with van der Waals surface area (Å²) in [5, 5.41) is 64.6. The summed E-state index contributed by atoms with van der Waals surface area (Å²) in [4.78, 5) is 21.1. The average molecular weight is 419 g/mol. The maximum Gasteiger partial charge on any atom is 0.299 e. The molecule has 0 aromatic heterocycles. The molecule has 1 aromatic rings. The summed E-state index contributed by atoms with van der Waals surface area (Å²) in [6.45, 7) is 2.82. The molecule has 0 unspecified atom stereocenters. The number of aliphatic hydroxyl groups excluding tert-OH is 4. The van der Waals surface area contributed by atoms with E-state index in [1.54, 1.807) is 13.8 Å². The third-order valence-corrected chi connectivity index (χ3v) is 5.21. The number of nitrogens with one attached hydrogen (secondary N) is 1. The molecular formula is C15H21N3O9S. The smallest absolute Gasteiger partial charge is 0.299 e. The van der Waals surface area contributed by atoms with Gasteiger partial charge in [0.2, 0.25) is 0 Å². The first-order valence-electron chi connectivity index (χ1n) is 8.27. The third kappa shape index (κ3) is 4.68. The quantitative estimate of drug-likeness (QED) is 0.300. The summed E-state index contributed by atoms with van der Waals surface area (Å²) in [7, 11) is 0. The molecule has 1 saturated heterocycles. The molecule has 0 bridgehead atoms. The van der Waals surface area contributed by atoms with Crippen molar-refractivity contribution in [1.82, 2.24) is 0 Å². The highest BCUT2D eigenvalue weighted by Crippen LogP contribution is 2.42. The molecule has 5 atom stereocenters. The second-order valence-corrected chi connectivity index (χ2v) is 7.61. The van der Waals surface area contributed by atoms with Crippen molar-refractivity contribution in [2.45, 2.75) is 54.6 Å². The SMILES string of the molecule is CC(C)Nc1cc(S[C@@H]2O[C@H](CO)[C@H](O)[C@H](O)[C@H]2O)c([N+](=O)[O-])cc1[N+](=O)[O-]. The highest BCUT2D eigenvalue weighted by molar-refractivity contribution is 8.00. The summed E-state index contributed by atoms with van der Waals surface area (Å²) in [6, 6.07) is 1.80. The van der Waals surface area contributed by atoms with Crippen molar-refractivity contribution in [3.8, 4) is 0 Å². The Labute approximate surface area is 163 Å². The predicted molar refractivity (Wildman–Crippen MR) is 98.1 cm³/mol. The first-order valence-corrected chi connectivity index (χ1v) is 9.15. The minimum Gasteiger partial charge on any atom is -0.394 e. The van der Waals surface area contributed by atoms with Gasteiger partial charge in [-0.3, -0.25) is 20.2 Å². The van der Waals surface area contributed by atoms with Crippen LogP contribution in [0.1, 0.15) is 13.8 Å². The van der Waals surface area contributed by atoms with Gasteiger partial charge in [-0.2, -0.15) is 0 Å². The van der Waals surface area contributed by atoms with E-state index in [4.69, 9.17) is 4.74 Å². The van der Waals surface area contributed by atoms with Crippen LogP contribution in [-0.4, -0.2) is 72.8 Å². The van der Waals surface area contributed by atoms with Crippen LogP contribution in [0.5, 0.6) is 0 Å². The Kier molecular flexibility index (Phi) is 7.14. The molecule has 1 aliphatic rings. The normalized spacial score (nSPS) is 27.6. The maximum atomic E-state index is 11.4. The molecule has 0 radical (unpaired) electrons. The molecular weight excluding hydrogens is 398 g/mol. The van der Waals surface area contributed by atoms with Crippen LogP contribution in [0.4, 0.5) is 17.1 Å². The van der Waals surface area contributed by atoms with Crippen LogP contribution in [0.2, 0.25) is 0 Å². The van der Waals surface area contributed by atoms with E-state index in [1.807, 2.05) is 0 Å². The van der Waals surface area contributed by atoms with Gasteiger partial charge in [-0.1, -0.05) is 11.8 Å².